The molecule has 1 aliphatic rings. The fourth-order valence-corrected chi connectivity index (χ4v) is 7.13. The maximum atomic E-state index is 14.5. The van der Waals surface area contributed by atoms with E-state index in [0.717, 1.165) is 32.8 Å². The Morgan fingerprint density at radius 1 is 0.931 bits per heavy atom. The highest BCUT2D eigenvalue weighted by atomic mass is 16.5. The van der Waals surface area contributed by atoms with Gasteiger partial charge in [-0.2, -0.15) is 0 Å². The fraction of sp³-hybridized carbons (Fsp3) is 0.455. The third-order valence-corrected chi connectivity index (χ3v) is 10.2. The van der Waals surface area contributed by atoms with Crippen LogP contribution in [0.25, 0.3) is 10.9 Å². The van der Waals surface area contributed by atoms with Crippen LogP contribution in [0.4, 0.5) is 14.4 Å². The maximum absolute atomic E-state index is 14.5. The van der Waals surface area contributed by atoms with Crippen molar-refractivity contribution in [2.24, 2.45) is 11.3 Å². The number of methoxy groups -OCH3 is 1. The standard InChI is InChI=1S/C44H58N8O6/c1-8-30(2)39(51-24-23-49(42(51)56)26-34-19-14-15-31(3)45-34)40(54)47-37(25-32-16-10-9-11-17-32)38(53)28-50(27-35-22-21-33-18-12-13-20-36(33)46-35)48-41(55)52(43(57)58-7)29-44(4,5)6/h9-22,30,37-39,53H,8,23-29H2,1-7H3,(H,47,54)(H,48,55). The summed E-state index contributed by atoms with van der Waals surface area (Å²) in [6.45, 7) is 12.6. The van der Waals surface area contributed by atoms with Gasteiger partial charge in [-0.15, -0.1) is 0 Å². The van der Waals surface area contributed by atoms with Gasteiger partial charge in [0.05, 0.1) is 49.2 Å². The van der Waals surface area contributed by atoms with Gasteiger partial charge in [-0.3, -0.25) is 20.2 Å². The Hall–Kier alpha value is -5.60. The number of hydrazine groups is 1. The van der Waals surface area contributed by atoms with Crippen LogP contribution in [0, 0.1) is 18.3 Å². The van der Waals surface area contributed by atoms with Crippen molar-refractivity contribution in [1.82, 2.24) is 40.4 Å². The van der Waals surface area contributed by atoms with Gasteiger partial charge in [0.1, 0.15) is 6.04 Å². The van der Waals surface area contributed by atoms with Gasteiger partial charge < -0.3 is 25.0 Å². The second-order valence-corrected chi connectivity index (χ2v) is 16.3. The summed E-state index contributed by atoms with van der Waals surface area (Å²) in [5, 5.41) is 17.7. The van der Waals surface area contributed by atoms with E-state index in [1.165, 1.54) is 12.1 Å². The molecule has 2 aromatic heterocycles. The zero-order chi connectivity index (χ0) is 42.0. The topological polar surface area (TPSA) is 161 Å². The number of nitrogens with zero attached hydrogens (tertiary/aromatic N) is 6. The minimum Gasteiger partial charge on any atom is -0.452 e. The largest absolute Gasteiger partial charge is 0.452 e. The Kier molecular flexibility index (Phi) is 14.8. The van der Waals surface area contributed by atoms with E-state index in [1.807, 2.05) is 126 Å². The smallest absolute Gasteiger partial charge is 0.417 e. The van der Waals surface area contributed by atoms with Crippen molar-refractivity contribution in [2.45, 2.75) is 85.7 Å². The molecule has 0 bridgehead atoms. The fourth-order valence-electron chi connectivity index (χ4n) is 7.13. The zero-order valence-electron chi connectivity index (χ0n) is 34.7. The second-order valence-electron chi connectivity index (χ2n) is 16.3. The Bertz CT molecular complexity index is 2020. The number of rotatable bonds is 16. The average Bonchev–Trinajstić information content (AvgIpc) is 3.54. The van der Waals surface area contributed by atoms with Crippen molar-refractivity contribution in [3.8, 4) is 0 Å². The summed E-state index contributed by atoms with van der Waals surface area (Å²) in [6.07, 6.45) is -1.17. The summed E-state index contributed by atoms with van der Waals surface area (Å²) in [4.78, 5) is 68.8. The lowest BCUT2D eigenvalue weighted by atomic mass is 9.95. The molecule has 14 nitrogen and oxygen atoms in total. The van der Waals surface area contributed by atoms with Crippen molar-refractivity contribution in [3.63, 3.8) is 0 Å². The number of pyridine rings is 2. The number of aliphatic hydroxyl groups excluding tert-OH is 1. The van der Waals surface area contributed by atoms with Crippen LogP contribution in [0.15, 0.2) is 84.9 Å². The number of hydrogen-bond donors (Lipinski definition) is 3. The monoisotopic (exact) mass is 794 g/mol. The summed E-state index contributed by atoms with van der Waals surface area (Å²) in [6, 6.07) is 24.0. The summed E-state index contributed by atoms with van der Waals surface area (Å²) in [5.74, 6) is -0.579. The molecule has 1 saturated heterocycles. The van der Waals surface area contributed by atoms with Gasteiger partial charge in [0.25, 0.3) is 0 Å². The molecule has 0 saturated carbocycles. The van der Waals surface area contributed by atoms with E-state index in [4.69, 9.17) is 9.72 Å². The number of hydrogen-bond acceptors (Lipinski definition) is 9. The number of fused-ring (bicyclic) bond motifs is 1. The van der Waals surface area contributed by atoms with Crippen LogP contribution in [0.2, 0.25) is 0 Å². The predicted octanol–water partition coefficient (Wildman–Crippen LogP) is 5.92. The molecule has 3 heterocycles. The third kappa shape index (κ3) is 11.7. The highest BCUT2D eigenvalue weighted by molar-refractivity contribution is 5.91. The number of aryl methyl sites for hydroxylation is 1. The minimum atomic E-state index is -1.24. The van der Waals surface area contributed by atoms with Crippen LogP contribution < -0.4 is 10.7 Å². The molecule has 2 aromatic carbocycles. The van der Waals surface area contributed by atoms with E-state index in [-0.39, 0.29) is 43.9 Å². The Balaban J connectivity index is 1.42. The molecule has 310 valence electrons. The van der Waals surface area contributed by atoms with Crippen molar-refractivity contribution in [3.05, 3.63) is 108 Å². The zero-order valence-corrected chi connectivity index (χ0v) is 34.7. The van der Waals surface area contributed by atoms with Crippen molar-refractivity contribution >= 4 is 35.0 Å². The highest BCUT2D eigenvalue weighted by Gasteiger charge is 2.41. The van der Waals surface area contributed by atoms with Gasteiger partial charge in [0.2, 0.25) is 5.91 Å². The normalized spacial score (nSPS) is 15.2. The van der Waals surface area contributed by atoms with Crippen LogP contribution in [0.5, 0.6) is 0 Å². The first-order valence-electron chi connectivity index (χ1n) is 19.9. The molecule has 4 aromatic rings. The van der Waals surface area contributed by atoms with E-state index in [1.54, 1.807) is 9.80 Å². The number of para-hydroxylation sites is 1. The number of aliphatic hydroxyl groups is 1. The van der Waals surface area contributed by atoms with E-state index in [2.05, 4.69) is 15.7 Å². The Morgan fingerprint density at radius 3 is 2.34 bits per heavy atom. The van der Waals surface area contributed by atoms with Gasteiger partial charge in [-0.1, -0.05) is 102 Å². The molecular formula is C44H58N8O6. The predicted molar refractivity (Wildman–Crippen MR) is 222 cm³/mol. The van der Waals surface area contributed by atoms with Gasteiger partial charge in [-0.05, 0) is 54.5 Å². The molecule has 4 unspecified atom stereocenters. The van der Waals surface area contributed by atoms with Gasteiger partial charge in [-0.25, -0.2) is 24.3 Å². The molecule has 0 spiro atoms. The van der Waals surface area contributed by atoms with Crippen LogP contribution in [-0.4, -0.2) is 110 Å². The SMILES string of the molecule is CCC(C)C(C(=O)NC(Cc1ccccc1)C(O)CN(Cc1ccc2ccccc2n1)NC(=O)N(CC(C)(C)C)C(=O)OC)N1CCN(Cc2cccc(C)n2)C1=O. The van der Waals surface area contributed by atoms with Crippen molar-refractivity contribution < 1.29 is 29.0 Å². The van der Waals surface area contributed by atoms with E-state index in [9.17, 15) is 24.3 Å². The summed E-state index contributed by atoms with van der Waals surface area (Å²) in [7, 11) is 1.21. The number of ether oxygens (including phenoxy) is 1. The lowest BCUT2D eigenvalue weighted by Gasteiger charge is -2.35. The summed E-state index contributed by atoms with van der Waals surface area (Å²) >= 11 is 0. The van der Waals surface area contributed by atoms with Gasteiger partial charge in [0, 0.05) is 37.3 Å². The number of aromatic nitrogens is 2. The number of benzene rings is 2. The molecule has 4 atom stereocenters. The van der Waals surface area contributed by atoms with E-state index >= 15 is 0 Å². The number of carbonyl (C=O) groups excluding carboxylic acids is 4. The molecule has 58 heavy (non-hydrogen) atoms. The first-order valence-corrected chi connectivity index (χ1v) is 19.9. The van der Waals surface area contributed by atoms with Crippen LogP contribution in [0.1, 0.15) is 63.7 Å². The number of amides is 6. The minimum absolute atomic E-state index is 0.0631. The molecule has 1 aliphatic heterocycles. The molecule has 6 amide bonds. The second kappa shape index (κ2) is 19.7. The van der Waals surface area contributed by atoms with Crippen LogP contribution >= 0.6 is 0 Å². The number of nitrogens with one attached hydrogen (secondary N) is 2. The van der Waals surface area contributed by atoms with E-state index < -0.39 is 35.7 Å². The molecule has 0 radical (unpaired) electrons. The highest BCUT2D eigenvalue weighted by Crippen LogP contribution is 2.23. The first-order chi connectivity index (χ1) is 27.6. The quantitative estimate of drug-likeness (QED) is 0.117. The molecule has 14 heteroatoms. The van der Waals surface area contributed by atoms with Crippen LogP contribution in [-0.2, 0) is 29.0 Å². The van der Waals surface area contributed by atoms with Gasteiger partial charge >= 0.3 is 18.2 Å². The average molecular weight is 795 g/mol. The lowest BCUT2D eigenvalue weighted by Crippen LogP contribution is -2.59. The van der Waals surface area contributed by atoms with E-state index in [0.29, 0.717) is 31.7 Å². The number of imide groups is 1. The molecule has 1 fully saturated rings. The number of urea groups is 2. The summed E-state index contributed by atoms with van der Waals surface area (Å²) < 4.78 is 4.96. The van der Waals surface area contributed by atoms with Crippen molar-refractivity contribution in [2.75, 3.05) is 33.3 Å². The van der Waals surface area contributed by atoms with Gasteiger partial charge in [0.15, 0.2) is 0 Å². The first kappa shape index (κ1) is 43.5. The third-order valence-electron chi connectivity index (χ3n) is 10.2. The Labute approximate surface area is 341 Å². The summed E-state index contributed by atoms with van der Waals surface area (Å²) in [5.41, 5.74) is 6.24. The van der Waals surface area contributed by atoms with Crippen LogP contribution in [0.3, 0.4) is 0 Å². The molecule has 3 N–H and O–H groups in total. The lowest BCUT2D eigenvalue weighted by molar-refractivity contribution is -0.128. The molecule has 0 aliphatic carbocycles. The molecule has 5 rings (SSSR count). The van der Waals surface area contributed by atoms with Crippen molar-refractivity contribution in [1.29, 1.82) is 0 Å². The number of carbonyl (C=O) groups is 4. The molecular weight excluding hydrogens is 737 g/mol. The maximum Gasteiger partial charge on any atom is 0.417 e. The Morgan fingerprint density at radius 2 is 1.66 bits per heavy atom.